The number of aromatic nitrogens is 5. The third kappa shape index (κ3) is 4.15. The van der Waals surface area contributed by atoms with Gasteiger partial charge >= 0.3 is 5.69 Å². The molecule has 0 aliphatic heterocycles. The van der Waals surface area contributed by atoms with Crippen LogP contribution in [0.5, 0.6) is 5.75 Å². The van der Waals surface area contributed by atoms with Crippen LogP contribution < -0.4 is 21.7 Å². The van der Waals surface area contributed by atoms with Gasteiger partial charge in [0.25, 0.3) is 5.56 Å². The van der Waals surface area contributed by atoms with E-state index in [2.05, 4.69) is 20.2 Å². The Morgan fingerprint density at radius 3 is 2.83 bits per heavy atom. The van der Waals surface area contributed by atoms with Gasteiger partial charge in [0.05, 0.1) is 5.75 Å². The maximum atomic E-state index is 12.6. The number of nitrogens with one attached hydrogen (secondary N) is 2. The molecule has 0 saturated heterocycles. The van der Waals surface area contributed by atoms with Crippen molar-refractivity contribution in [2.24, 2.45) is 0 Å². The standard InChI is InChI=1S/C19H20N6O4S/c1-10-4-2-3-5-13(10)29-8-14-21-18(24-23-14)30-9-12(26)15-16(20)25(11-6-7-11)19(28)22-17(15)27/h2-5,11H,6-9,20H2,1H3,(H,21,23,24)(H,22,27,28). The van der Waals surface area contributed by atoms with E-state index >= 15 is 0 Å². The van der Waals surface area contributed by atoms with Crippen molar-refractivity contribution < 1.29 is 9.53 Å². The third-order valence-electron chi connectivity index (χ3n) is 4.67. The molecule has 3 aromatic rings. The number of para-hydroxylation sites is 1. The van der Waals surface area contributed by atoms with Crippen LogP contribution in [0.4, 0.5) is 5.82 Å². The fourth-order valence-electron chi connectivity index (χ4n) is 3.00. The Balaban J connectivity index is 1.40. The fraction of sp³-hybridized carbons (Fsp3) is 0.316. The van der Waals surface area contributed by atoms with Gasteiger partial charge in [0.15, 0.2) is 11.6 Å². The lowest BCUT2D eigenvalue weighted by atomic mass is 10.2. The number of H-pyrrole nitrogens is 2. The molecule has 2 heterocycles. The van der Waals surface area contributed by atoms with Crippen LogP contribution in [-0.4, -0.2) is 36.3 Å². The highest BCUT2D eigenvalue weighted by Crippen LogP contribution is 2.35. The first kappa shape index (κ1) is 20.0. The number of thioether (sulfide) groups is 1. The molecule has 1 saturated carbocycles. The van der Waals surface area contributed by atoms with Gasteiger partial charge in [-0.05, 0) is 31.4 Å². The Kier molecular flexibility index (Phi) is 5.44. The zero-order valence-corrected chi connectivity index (χ0v) is 17.0. The fourth-order valence-corrected chi connectivity index (χ4v) is 3.69. The van der Waals surface area contributed by atoms with Gasteiger partial charge in [0.1, 0.15) is 23.7 Å². The molecule has 10 nitrogen and oxygen atoms in total. The number of nitrogens with zero attached hydrogens (tertiary/aromatic N) is 3. The monoisotopic (exact) mass is 428 g/mol. The number of ether oxygens (including phenoxy) is 1. The number of rotatable bonds is 8. The molecule has 1 fully saturated rings. The molecule has 1 aliphatic carbocycles. The van der Waals surface area contributed by atoms with E-state index in [1.165, 1.54) is 4.57 Å². The summed E-state index contributed by atoms with van der Waals surface area (Å²) >= 11 is 1.07. The van der Waals surface area contributed by atoms with Gasteiger partial charge in [-0.25, -0.2) is 9.78 Å². The summed E-state index contributed by atoms with van der Waals surface area (Å²) < 4.78 is 7.00. The highest BCUT2D eigenvalue weighted by Gasteiger charge is 2.30. The molecule has 0 atom stereocenters. The molecule has 0 bridgehead atoms. The topological polar surface area (TPSA) is 149 Å². The summed E-state index contributed by atoms with van der Waals surface area (Å²) in [5.74, 6) is 0.591. The van der Waals surface area contributed by atoms with Crippen LogP contribution in [0.15, 0.2) is 39.0 Å². The SMILES string of the molecule is Cc1ccccc1OCc1nc(SCC(=O)c2c(N)n(C3CC3)c(=O)[nH]c2=O)n[nH]1. The summed E-state index contributed by atoms with van der Waals surface area (Å²) in [5.41, 5.74) is 5.41. The van der Waals surface area contributed by atoms with Crippen molar-refractivity contribution in [2.45, 2.75) is 37.6 Å². The van der Waals surface area contributed by atoms with Gasteiger partial charge in [0, 0.05) is 6.04 Å². The van der Waals surface area contributed by atoms with Crippen molar-refractivity contribution in [2.75, 3.05) is 11.5 Å². The van der Waals surface area contributed by atoms with Crippen LogP contribution in [0.25, 0.3) is 0 Å². The van der Waals surface area contributed by atoms with Gasteiger partial charge in [-0.2, -0.15) is 0 Å². The molecule has 0 unspecified atom stereocenters. The third-order valence-corrected chi connectivity index (χ3v) is 5.52. The summed E-state index contributed by atoms with van der Waals surface area (Å²) in [7, 11) is 0. The van der Waals surface area contributed by atoms with Crippen molar-refractivity contribution in [3.05, 3.63) is 62.1 Å². The molecule has 1 aliphatic rings. The number of nitrogens with two attached hydrogens (primary N) is 1. The number of ketones is 1. The lowest BCUT2D eigenvalue weighted by Crippen LogP contribution is -2.36. The second-order valence-electron chi connectivity index (χ2n) is 6.95. The first-order valence-electron chi connectivity index (χ1n) is 9.34. The molecule has 11 heteroatoms. The molecule has 0 radical (unpaired) electrons. The number of carbonyl (C=O) groups is 1. The van der Waals surface area contributed by atoms with Crippen molar-refractivity contribution in [3.63, 3.8) is 0 Å². The molecule has 1 aromatic carbocycles. The Morgan fingerprint density at radius 1 is 1.33 bits per heavy atom. The number of benzene rings is 1. The van der Waals surface area contributed by atoms with Gasteiger partial charge in [0.2, 0.25) is 5.16 Å². The van der Waals surface area contributed by atoms with Crippen molar-refractivity contribution in [3.8, 4) is 5.75 Å². The predicted molar refractivity (Wildman–Crippen MR) is 111 cm³/mol. The second kappa shape index (κ2) is 8.19. The maximum Gasteiger partial charge on any atom is 0.330 e. The molecule has 0 amide bonds. The Morgan fingerprint density at radius 2 is 2.10 bits per heavy atom. The van der Waals surface area contributed by atoms with Gasteiger partial charge < -0.3 is 10.5 Å². The first-order valence-corrected chi connectivity index (χ1v) is 10.3. The van der Waals surface area contributed by atoms with Crippen molar-refractivity contribution >= 4 is 23.4 Å². The molecule has 4 rings (SSSR count). The average Bonchev–Trinajstić information content (AvgIpc) is 3.42. The van der Waals surface area contributed by atoms with Crippen LogP contribution in [0.2, 0.25) is 0 Å². The second-order valence-corrected chi connectivity index (χ2v) is 7.89. The van der Waals surface area contributed by atoms with Crippen molar-refractivity contribution in [1.82, 2.24) is 24.7 Å². The summed E-state index contributed by atoms with van der Waals surface area (Å²) in [6, 6.07) is 7.56. The number of carbonyl (C=O) groups excluding carboxylic acids is 1. The summed E-state index contributed by atoms with van der Waals surface area (Å²) in [6.45, 7) is 2.15. The van der Waals surface area contributed by atoms with Gasteiger partial charge in [-0.15, -0.1) is 5.10 Å². The highest BCUT2D eigenvalue weighted by atomic mass is 32.2. The molecule has 4 N–H and O–H groups in total. The normalized spacial score (nSPS) is 13.4. The molecule has 2 aromatic heterocycles. The van der Waals surface area contributed by atoms with Crippen LogP contribution in [-0.2, 0) is 6.61 Å². The largest absolute Gasteiger partial charge is 0.485 e. The summed E-state index contributed by atoms with van der Waals surface area (Å²) in [5, 5.41) is 7.16. The molecule has 0 spiro atoms. The number of aryl methyl sites for hydroxylation is 1. The number of hydrogen-bond donors (Lipinski definition) is 3. The van der Waals surface area contributed by atoms with Crippen LogP contribution in [0, 0.1) is 6.92 Å². The summed E-state index contributed by atoms with van der Waals surface area (Å²) in [4.78, 5) is 43.1. The minimum absolute atomic E-state index is 0.0580. The van der Waals surface area contributed by atoms with E-state index in [1.54, 1.807) is 0 Å². The molecule has 30 heavy (non-hydrogen) atoms. The number of Topliss-reactive ketones (excluding diaryl/α,β-unsaturated/α-hetero) is 1. The van der Waals surface area contributed by atoms with E-state index in [1.807, 2.05) is 31.2 Å². The average molecular weight is 428 g/mol. The zero-order valence-electron chi connectivity index (χ0n) is 16.2. The predicted octanol–water partition coefficient (Wildman–Crippen LogP) is 1.43. The minimum Gasteiger partial charge on any atom is -0.485 e. The van der Waals surface area contributed by atoms with E-state index in [0.717, 1.165) is 35.9 Å². The maximum absolute atomic E-state index is 12.6. The first-order chi connectivity index (χ1) is 14.4. The smallest absolute Gasteiger partial charge is 0.330 e. The minimum atomic E-state index is -0.776. The molecule has 156 valence electrons. The lowest BCUT2D eigenvalue weighted by molar-refractivity contribution is 0.102. The van der Waals surface area contributed by atoms with E-state index < -0.39 is 17.0 Å². The number of hydrogen-bond acceptors (Lipinski definition) is 8. The molecular formula is C19H20N6O4S. The number of anilines is 1. The zero-order chi connectivity index (χ0) is 21.3. The van der Waals surface area contributed by atoms with Crippen molar-refractivity contribution in [1.29, 1.82) is 0 Å². The van der Waals surface area contributed by atoms with Crippen LogP contribution in [0.3, 0.4) is 0 Å². The highest BCUT2D eigenvalue weighted by molar-refractivity contribution is 7.99. The Bertz CT molecular complexity index is 1210. The number of aromatic amines is 2. The van der Waals surface area contributed by atoms with Crippen LogP contribution >= 0.6 is 11.8 Å². The van der Waals surface area contributed by atoms with E-state index in [0.29, 0.717) is 11.0 Å². The van der Waals surface area contributed by atoms with E-state index in [4.69, 9.17) is 10.5 Å². The van der Waals surface area contributed by atoms with Gasteiger partial charge in [-0.3, -0.25) is 24.2 Å². The molecular weight excluding hydrogens is 408 g/mol. The van der Waals surface area contributed by atoms with E-state index in [-0.39, 0.29) is 29.8 Å². The quantitative estimate of drug-likeness (QED) is 0.360. The number of nitrogen functional groups attached to an aromatic ring is 1. The Hall–Kier alpha value is -3.34. The summed E-state index contributed by atoms with van der Waals surface area (Å²) in [6.07, 6.45) is 1.59. The van der Waals surface area contributed by atoms with E-state index in [9.17, 15) is 14.4 Å². The Labute approximate surface area is 174 Å². The van der Waals surface area contributed by atoms with Gasteiger partial charge in [-0.1, -0.05) is 30.0 Å². The van der Waals surface area contributed by atoms with Crippen LogP contribution in [0.1, 0.15) is 40.6 Å². The lowest BCUT2D eigenvalue weighted by Gasteiger charge is -2.10.